The van der Waals surface area contributed by atoms with Gasteiger partial charge < -0.3 is 9.67 Å². The molecule has 1 N–H and O–H groups in total. The molecule has 0 saturated carbocycles. The number of aryl methyl sites for hydroxylation is 1. The van der Waals surface area contributed by atoms with E-state index in [9.17, 15) is 9.90 Å². The predicted molar refractivity (Wildman–Crippen MR) is 111 cm³/mol. The maximum atomic E-state index is 11.3. The molecule has 0 bridgehead atoms. The van der Waals surface area contributed by atoms with E-state index in [1.807, 2.05) is 24.3 Å². The SMILES string of the molecule is CCn1c(CN2CCCC2Cc2ccccc2Cl)nc2cc(C(=O)O)ccc21. The van der Waals surface area contributed by atoms with Crippen molar-refractivity contribution in [2.45, 2.75) is 45.3 Å². The first-order valence-corrected chi connectivity index (χ1v) is 10.1. The van der Waals surface area contributed by atoms with Crippen molar-refractivity contribution >= 4 is 28.6 Å². The van der Waals surface area contributed by atoms with Crippen LogP contribution in [0, 0.1) is 0 Å². The van der Waals surface area contributed by atoms with Crippen molar-refractivity contribution in [3.8, 4) is 0 Å². The monoisotopic (exact) mass is 397 g/mol. The Kier molecular flexibility index (Phi) is 5.38. The van der Waals surface area contributed by atoms with Gasteiger partial charge in [0.05, 0.1) is 23.1 Å². The van der Waals surface area contributed by atoms with Gasteiger partial charge in [0.25, 0.3) is 0 Å². The van der Waals surface area contributed by atoms with Crippen molar-refractivity contribution in [1.29, 1.82) is 0 Å². The van der Waals surface area contributed by atoms with Crippen LogP contribution >= 0.6 is 11.6 Å². The zero-order valence-electron chi connectivity index (χ0n) is 15.9. The molecule has 0 amide bonds. The summed E-state index contributed by atoms with van der Waals surface area (Å²) in [6.45, 7) is 4.71. The zero-order chi connectivity index (χ0) is 19.7. The van der Waals surface area contributed by atoms with Crippen molar-refractivity contribution in [1.82, 2.24) is 14.5 Å². The molecule has 4 rings (SSSR count). The Hall–Kier alpha value is -2.37. The fraction of sp³-hybridized carbons (Fsp3) is 0.364. The minimum Gasteiger partial charge on any atom is -0.478 e. The second-order valence-corrected chi connectivity index (χ2v) is 7.75. The lowest BCUT2D eigenvalue weighted by Crippen LogP contribution is -2.31. The van der Waals surface area contributed by atoms with E-state index in [2.05, 4.69) is 22.5 Å². The number of imidazole rings is 1. The summed E-state index contributed by atoms with van der Waals surface area (Å²) in [4.78, 5) is 18.5. The lowest BCUT2D eigenvalue weighted by atomic mass is 10.0. The average molecular weight is 398 g/mol. The number of nitrogens with zero attached hydrogens (tertiary/aromatic N) is 3. The van der Waals surface area contributed by atoms with E-state index in [1.165, 1.54) is 12.0 Å². The Morgan fingerprint density at radius 1 is 1.29 bits per heavy atom. The number of likely N-dealkylation sites (tertiary alicyclic amines) is 1. The van der Waals surface area contributed by atoms with E-state index in [1.54, 1.807) is 12.1 Å². The first-order chi connectivity index (χ1) is 13.6. The fourth-order valence-corrected chi connectivity index (χ4v) is 4.43. The largest absolute Gasteiger partial charge is 0.478 e. The van der Waals surface area contributed by atoms with Crippen LogP contribution in [0.3, 0.4) is 0 Å². The second-order valence-electron chi connectivity index (χ2n) is 7.34. The number of carboxylic acid groups (broad SMARTS) is 1. The highest BCUT2D eigenvalue weighted by Gasteiger charge is 2.27. The van der Waals surface area contributed by atoms with Gasteiger partial charge >= 0.3 is 5.97 Å². The van der Waals surface area contributed by atoms with Crippen LogP contribution < -0.4 is 0 Å². The maximum Gasteiger partial charge on any atom is 0.335 e. The highest BCUT2D eigenvalue weighted by molar-refractivity contribution is 6.31. The molecular weight excluding hydrogens is 374 g/mol. The number of aromatic nitrogens is 2. The van der Waals surface area contributed by atoms with Crippen LogP contribution in [-0.4, -0.2) is 38.1 Å². The van der Waals surface area contributed by atoms with E-state index in [4.69, 9.17) is 16.6 Å². The molecule has 0 spiro atoms. The van der Waals surface area contributed by atoms with Gasteiger partial charge in [0.1, 0.15) is 5.82 Å². The molecule has 1 atom stereocenters. The number of rotatable bonds is 6. The predicted octanol–water partition coefficient (Wildman–Crippen LogP) is 4.61. The van der Waals surface area contributed by atoms with Crippen LogP contribution in [0.25, 0.3) is 11.0 Å². The van der Waals surface area contributed by atoms with E-state index >= 15 is 0 Å². The first kappa shape index (κ1) is 19.0. The molecule has 1 unspecified atom stereocenters. The topological polar surface area (TPSA) is 58.4 Å². The molecular formula is C22H24ClN3O2. The molecule has 1 aromatic heterocycles. The summed E-state index contributed by atoms with van der Waals surface area (Å²) in [5, 5.41) is 10.1. The van der Waals surface area contributed by atoms with Crippen LogP contribution in [0.4, 0.5) is 0 Å². The molecule has 3 aromatic rings. The third kappa shape index (κ3) is 3.64. The maximum absolute atomic E-state index is 11.3. The van der Waals surface area contributed by atoms with E-state index in [0.29, 0.717) is 6.04 Å². The molecule has 2 heterocycles. The zero-order valence-corrected chi connectivity index (χ0v) is 16.7. The number of aromatic carboxylic acids is 1. The van der Waals surface area contributed by atoms with Crippen molar-refractivity contribution in [2.24, 2.45) is 0 Å². The second kappa shape index (κ2) is 7.94. The van der Waals surface area contributed by atoms with Crippen molar-refractivity contribution in [3.63, 3.8) is 0 Å². The van der Waals surface area contributed by atoms with E-state index in [-0.39, 0.29) is 5.56 Å². The highest BCUT2D eigenvalue weighted by Crippen LogP contribution is 2.27. The van der Waals surface area contributed by atoms with Gasteiger partial charge in [-0.3, -0.25) is 4.90 Å². The van der Waals surface area contributed by atoms with Gasteiger partial charge in [-0.2, -0.15) is 0 Å². The quantitative estimate of drug-likeness (QED) is 0.659. The van der Waals surface area contributed by atoms with Crippen LogP contribution in [0.2, 0.25) is 5.02 Å². The summed E-state index contributed by atoms with van der Waals surface area (Å²) < 4.78 is 2.19. The fourth-order valence-electron chi connectivity index (χ4n) is 4.22. The molecule has 2 aromatic carbocycles. The number of benzene rings is 2. The van der Waals surface area contributed by atoms with Crippen LogP contribution in [0.5, 0.6) is 0 Å². The minimum absolute atomic E-state index is 0.276. The average Bonchev–Trinajstić information content (AvgIpc) is 3.26. The number of fused-ring (bicyclic) bond motifs is 1. The number of hydrogen-bond acceptors (Lipinski definition) is 3. The Labute approximate surface area is 169 Å². The van der Waals surface area contributed by atoms with E-state index < -0.39 is 5.97 Å². The van der Waals surface area contributed by atoms with E-state index in [0.717, 1.165) is 54.4 Å². The standard InChI is InChI=1S/C22H24ClN3O2/c1-2-26-20-10-9-16(22(27)28)13-19(20)24-21(26)14-25-11-5-7-17(25)12-15-6-3-4-8-18(15)23/h3-4,6,8-10,13,17H,2,5,7,11-12,14H2,1H3,(H,27,28). The highest BCUT2D eigenvalue weighted by atomic mass is 35.5. The third-order valence-corrected chi connectivity index (χ3v) is 6.02. The molecule has 1 aliphatic heterocycles. The molecule has 1 saturated heterocycles. The summed E-state index contributed by atoms with van der Waals surface area (Å²) >= 11 is 6.37. The van der Waals surface area contributed by atoms with Gasteiger partial charge in [0.2, 0.25) is 0 Å². The molecule has 0 aliphatic carbocycles. The third-order valence-electron chi connectivity index (χ3n) is 5.65. The number of carbonyl (C=O) groups is 1. The van der Waals surface area contributed by atoms with Gasteiger partial charge in [0.15, 0.2) is 0 Å². The Balaban J connectivity index is 1.59. The molecule has 146 valence electrons. The molecule has 0 radical (unpaired) electrons. The van der Waals surface area contributed by atoms with Crippen molar-refractivity contribution in [3.05, 3.63) is 64.4 Å². The van der Waals surface area contributed by atoms with Crippen LogP contribution in [0.15, 0.2) is 42.5 Å². The van der Waals surface area contributed by atoms with Gasteiger partial charge in [-0.15, -0.1) is 0 Å². The molecule has 6 heteroatoms. The lowest BCUT2D eigenvalue weighted by molar-refractivity contribution is 0.0697. The Morgan fingerprint density at radius 2 is 2.11 bits per heavy atom. The van der Waals surface area contributed by atoms with Crippen LogP contribution in [0.1, 0.15) is 41.5 Å². The van der Waals surface area contributed by atoms with Gasteiger partial charge in [-0.1, -0.05) is 29.8 Å². The summed E-state index contributed by atoms with van der Waals surface area (Å²) in [5.74, 6) is 0.0694. The van der Waals surface area contributed by atoms with Crippen molar-refractivity contribution < 1.29 is 9.90 Å². The number of hydrogen-bond donors (Lipinski definition) is 1. The van der Waals surface area contributed by atoms with Crippen molar-refractivity contribution in [2.75, 3.05) is 6.54 Å². The summed E-state index contributed by atoms with van der Waals surface area (Å²) in [6.07, 6.45) is 3.26. The molecule has 28 heavy (non-hydrogen) atoms. The number of carboxylic acids is 1. The number of halogens is 1. The first-order valence-electron chi connectivity index (χ1n) is 9.76. The molecule has 1 aliphatic rings. The van der Waals surface area contributed by atoms with Crippen LogP contribution in [-0.2, 0) is 19.5 Å². The Bertz CT molecular complexity index is 1010. The normalized spacial score (nSPS) is 17.4. The lowest BCUT2D eigenvalue weighted by Gasteiger charge is -2.25. The summed E-state index contributed by atoms with van der Waals surface area (Å²) in [5.41, 5.74) is 3.21. The Morgan fingerprint density at radius 3 is 2.86 bits per heavy atom. The van der Waals surface area contributed by atoms with Gasteiger partial charge in [-0.05, 0) is 62.6 Å². The van der Waals surface area contributed by atoms with Gasteiger partial charge in [-0.25, -0.2) is 9.78 Å². The summed E-state index contributed by atoms with van der Waals surface area (Å²) in [7, 11) is 0. The summed E-state index contributed by atoms with van der Waals surface area (Å²) in [6, 6.07) is 13.7. The smallest absolute Gasteiger partial charge is 0.335 e. The molecule has 5 nitrogen and oxygen atoms in total. The van der Waals surface area contributed by atoms with Gasteiger partial charge in [0, 0.05) is 17.6 Å². The molecule has 1 fully saturated rings. The minimum atomic E-state index is -0.922.